The Morgan fingerprint density at radius 2 is 1.59 bits per heavy atom. The van der Waals surface area contributed by atoms with Crippen LogP contribution in [-0.2, 0) is 15.0 Å². The minimum absolute atomic E-state index is 0.0314. The predicted molar refractivity (Wildman–Crippen MR) is 143 cm³/mol. The Bertz CT molecular complexity index is 1340. The molecule has 1 spiro atoms. The van der Waals surface area contributed by atoms with Gasteiger partial charge in [-0.3, -0.25) is 14.4 Å². The molecule has 4 heteroatoms. The third kappa shape index (κ3) is 2.32. The van der Waals surface area contributed by atoms with E-state index < -0.39 is 38.6 Å². The fourth-order valence-corrected chi connectivity index (χ4v) is 10.3. The second-order valence-corrected chi connectivity index (χ2v) is 14.2. The van der Waals surface area contributed by atoms with Gasteiger partial charge in [-0.15, -0.1) is 0 Å². The molecule has 0 aliphatic heterocycles. The minimum atomic E-state index is -1.68. The van der Waals surface area contributed by atoms with Crippen LogP contribution in [0.5, 0.6) is 0 Å². The second kappa shape index (κ2) is 7.00. The Kier molecular flexibility index (Phi) is 4.72. The molecule has 5 fully saturated rings. The molecule has 0 saturated heterocycles. The standard InChI is InChI=1S/C33H40O4/c1-19(2)12-13-21-16-31-17-24-28(5,6)23-11-9-8-10-22(23)25(34)32(24)27(36)30(26(31)35,15-14-20(3)4)18-29(21,7)33(31,32)37/h8-12,14,21,24,37H,13,15-18H2,1-7H3/t21-,24+,29-,30+,31+,32+,33+/m0/s1. The Morgan fingerprint density at radius 1 is 0.946 bits per heavy atom. The van der Waals surface area contributed by atoms with Crippen molar-refractivity contribution in [1.29, 1.82) is 0 Å². The number of fused-ring (bicyclic) bond motifs is 1. The number of allylic oxidation sites excluding steroid dienone is 4. The summed E-state index contributed by atoms with van der Waals surface area (Å²) in [4.78, 5) is 44.7. The van der Waals surface area contributed by atoms with Crippen molar-refractivity contribution in [3.05, 3.63) is 58.7 Å². The van der Waals surface area contributed by atoms with E-state index >= 15 is 4.79 Å². The van der Waals surface area contributed by atoms with E-state index in [9.17, 15) is 14.7 Å². The van der Waals surface area contributed by atoms with E-state index in [0.717, 1.165) is 17.6 Å². The third-order valence-electron chi connectivity index (χ3n) is 11.8. The molecule has 4 nitrogen and oxygen atoms in total. The maximum absolute atomic E-state index is 15.0. The van der Waals surface area contributed by atoms with Crippen LogP contribution >= 0.6 is 0 Å². The van der Waals surface area contributed by atoms with Crippen molar-refractivity contribution >= 4 is 17.3 Å². The molecule has 37 heavy (non-hydrogen) atoms. The zero-order valence-corrected chi connectivity index (χ0v) is 23.3. The van der Waals surface area contributed by atoms with Crippen molar-refractivity contribution in [2.45, 2.75) is 91.6 Å². The van der Waals surface area contributed by atoms with Crippen molar-refractivity contribution in [2.24, 2.45) is 33.5 Å². The molecular weight excluding hydrogens is 460 g/mol. The van der Waals surface area contributed by atoms with Crippen LogP contribution in [0.3, 0.4) is 0 Å². The highest BCUT2D eigenvalue weighted by Crippen LogP contribution is 2.87. The van der Waals surface area contributed by atoms with Crippen LogP contribution in [0, 0.1) is 33.5 Å². The first-order valence-corrected chi connectivity index (χ1v) is 13.9. The molecule has 6 aliphatic carbocycles. The normalized spacial score (nSPS) is 43.9. The fourth-order valence-electron chi connectivity index (χ4n) is 10.3. The van der Waals surface area contributed by atoms with E-state index in [-0.39, 0.29) is 23.3 Å². The molecule has 1 N–H and O–H groups in total. The quantitative estimate of drug-likeness (QED) is 0.397. The SMILES string of the molecule is CC(C)=CC[C@H]1C[C@]23C[C@@H]4C(C)(C)c5ccccc5C(=O)[C@@]45C(=O)[C@](CC=C(C)C)(C[C@]1(C)[C@@]25O)C3=O. The van der Waals surface area contributed by atoms with Gasteiger partial charge in [-0.05, 0) is 82.6 Å². The topological polar surface area (TPSA) is 71.4 Å². The number of aliphatic hydroxyl groups is 1. The van der Waals surface area contributed by atoms with E-state index in [2.05, 4.69) is 40.7 Å². The van der Waals surface area contributed by atoms with Gasteiger partial charge in [-0.2, -0.15) is 0 Å². The summed E-state index contributed by atoms with van der Waals surface area (Å²) >= 11 is 0. The van der Waals surface area contributed by atoms with Crippen molar-refractivity contribution in [2.75, 3.05) is 0 Å². The van der Waals surface area contributed by atoms with Crippen LogP contribution in [0.15, 0.2) is 47.6 Å². The highest BCUT2D eigenvalue weighted by atomic mass is 16.3. The van der Waals surface area contributed by atoms with Gasteiger partial charge < -0.3 is 5.11 Å². The largest absolute Gasteiger partial charge is 0.387 e. The number of benzene rings is 1. The summed E-state index contributed by atoms with van der Waals surface area (Å²) in [5.74, 6) is -1.01. The minimum Gasteiger partial charge on any atom is -0.387 e. The lowest BCUT2D eigenvalue weighted by atomic mass is 9.33. The Balaban J connectivity index is 1.71. The molecule has 0 radical (unpaired) electrons. The third-order valence-corrected chi connectivity index (χ3v) is 11.8. The van der Waals surface area contributed by atoms with Gasteiger partial charge in [-0.1, -0.05) is 68.3 Å². The van der Waals surface area contributed by atoms with Gasteiger partial charge in [-0.25, -0.2) is 0 Å². The van der Waals surface area contributed by atoms with Crippen LogP contribution in [0.4, 0.5) is 0 Å². The maximum atomic E-state index is 15.0. The van der Waals surface area contributed by atoms with E-state index in [1.165, 1.54) is 5.57 Å². The van der Waals surface area contributed by atoms with Gasteiger partial charge in [0.2, 0.25) is 0 Å². The summed E-state index contributed by atoms with van der Waals surface area (Å²) < 4.78 is 0. The average molecular weight is 501 g/mol. The molecule has 5 bridgehead atoms. The van der Waals surface area contributed by atoms with Gasteiger partial charge in [0.25, 0.3) is 0 Å². The van der Waals surface area contributed by atoms with Gasteiger partial charge in [0, 0.05) is 11.0 Å². The van der Waals surface area contributed by atoms with E-state index in [1.807, 2.05) is 44.2 Å². The molecule has 6 aliphatic rings. The van der Waals surface area contributed by atoms with Crippen molar-refractivity contribution in [3.8, 4) is 0 Å². The number of carbonyl (C=O) groups excluding carboxylic acids is 3. The average Bonchev–Trinajstić information content (AvgIpc) is 3.15. The number of carbonyl (C=O) groups is 3. The van der Waals surface area contributed by atoms with Crippen LogP contribution in [-0.4, -0.2) is 28.1 Å². The van der Waals surface area contributed by atoms with E-state index in [4.69, 9.17) is 0 Å². The molecule has 7 rings (SSSR count). The van der Waals surface area contributed by atoms with E-state index in [0.29, 0.717) is 31.2 Å². The van der Waals surface area contributed by atoms with Gasteiger partial charge >= 0.3 is 0 Å². The Hall–Kier alpha value is -2.33. The Morgan fingerprint density at radius 3 is 2.24 bits per heavy atom. The van der Waals surface area contributed by atoms with Crippen LogP contribution in [0.2, 0.25) is 0 Å². The molecule has 0 aromatic heterocycles. The molecule has 1 aromatic carbocycles. The molecule has 0 amide bonds. The highest BCUT2D eigenvalue weighted by Gasteiger charge is 2.97. The van der Waals surface area contributed by atoms with Crippen LogP contribution in [0.25, 0.3) is 0 Å². The van der Waals surface area contributed by atoms with Crippen LogP contribution < -0.4 is 0 Å². The van der Waals surface area contributed by atoms with Crippen molar-refractivity contribution in [3.63, 3.8) is 0 Å². The summed E-state index contributed by atoms with van der Waals surface area (Å²) in [6, 6.07) is 7.61. The monoisotopic (exact) mass is 500 g/mol. The summed E-state index contributed by atoms with van der Waals surface area (Å²) in [5.41, 5.74) is -3.14. The zero-order valence-electron chi connectivity index (χ0n) is 23.3. The van der Waals surface area contributed by atoms with Gasteiger partial charge in [0.1, 0.15) is 11.0 Å². The molecule has 196 valence electrons. The summed E-state index contributed by atoms with van der Waals surface area (Å²) in [5, 5.41) is 13.3. The van der Waals surface area contributed by atoms with E-state index in [1.54, 1.807) is 0 Å². The molecular formula is C33H40O4. The lowest BCUT2D eigenvalue weighted by molar-refractivity contribution is -0.240. The zero-order chi connectivity index (χ0) is 27.0. The molecule has 7 atom stereocenters. The number of hydrogen-bond acceptors (Lipinski definition) is 4. The van der Waals surface area contributed by atoms with Crippen molar-refractivity contribution in [1.82, 2.24) is 0 Å². The van der Waals surface area contributed by atoms with Gasteiger partial charge in [0.05, 0.1) is 10.8 Å². The number of hydrogen-bond donors (Lipinski definition) is 1. The summed E-state index contributed by atoms with van der Waals surface area (Å²) in [6.45, 7) is 14.4. The first-order chi connectivity index (χ1) is 17.2. The van der Waals surface area contributed by atoms with Crippen molar-refractivity contribution < 1.29 is 19.5 Å². The number of Topliss-reactive ketones (excluding diaryl/α,β-unsaturated/α-hetero) is 3. The first kappa shape index (κ1) is 25.0. The van der Waals surface area contributed by atoms with Crippen LogP contribution in [0.1, 0.15) is 96.5 Å². The molecule has 0 heterocycles. The lowest BCUT2D eigenvalue weighted by Crippen LogP contribution is -2.82. The smallest absolute Gasteiger partial charge is 0.180 e. The Labute approximate surface area is 220 Å². The summed E-state index contributed by atoms with van der Waals surface area (Å²) in [6.07, 6.45) is 6.54. The number of rotatable bonds is 4. The summed E-state index contributed by atoms with van der Waals surface area (Å²) in [7, 11) is 0. The number of ketones is 3. The molecule has 0 unspecified atom stereocenters. The maximum Gasteiger partial charge on any atom is 0.180 e. The molecule has 5 saturated carbocycles. The van der Waals surface area contributed by atoms with Gasteiger partial charge in [0.15, 0.2) is 17.3 Å². The second-order valence-electron chi connectivity index (χ2n) is 14.2. The fraction of sp³-hybridized carbons (Fsp3) is 0.606. The highest BCUT2D eigenvalue weighted by molar-refractivity contribution is 6.29. The first-order valence-electron chi connectivity index (χ1n) is 13.9. The lowest BCUT2D eigenvalue weighted by Gasteiger charge is -2.68. The predicted octanol–water partition coefficient (Wildman–Crippen LogP) is 6.17. The molecule has 1 aromatic rings.